The molecule has 2 aromatic carbocycles. The van der Waals surface area contributed by atoms with E-state index < -0.39 is 17.3 Å². The van der Waals surface area contributed by atoms with Crippen molar-refractivity contribution < 1.29 is 27.8 Å². The Morgan fingerprint density at radius 3 is 2.28 bits per heavy atom. The van der Waals surface area contributed by atoms with Gasteiger partial charge >= 0.3 is 6.18 Å². The molecule has 0 bridgehead atoms. The van der Waals surface area contributed by atoms with Gasteiger partial charge in [-0.2, -0.15) is 13.2 Å². The summed E-state index contributed by atoms with van der Waals surface area (Å²) in [4.78, 5) is 0. The molecule has 0 spiro atoms. The fourth-order valence-corrected chi connectivity index (χ4v) is 2.31. The van der Waals surface area contributed by atoms with Gasteiger partial charge in [-0.25, -0.2) is 0 Å². The molecular weight excluding hydrogens is 337 g/mol. The lowest BCUT2D eigenvalue weighted by atomic mass is 10.0. The average Bonchev–Trinajstić information content (AvgIpc) is 2.52. The molecule has 0 saturated carbocycles. The third-order valence-electron chi connectivity index (χ3n) is 3.79. The summed E-state index contributed by atoms with van der Waals surface area (Å²) in [6.07, 6.45) is -4.38. The van der Waals surface area contributed by atoms with E-state index in [-0.39, 0.29) is 19.0 Å². The number of rotatable bonds is 5. The van der Waals surface area contributed by atoms with Gasteiger partial charge in [-0.1, -0.05) is 0 Å². The Bertz CT molecular complexity index is 744. The minimum absolute atomic E-state index is 0.272. The maximum absolute atomic E-state index is 12.5. The van der Waals surface area contributed by atoms with Crippen molar-refractivity contribution in [3.63, 3.8) is 0 Å². The van der Waals surface area contributed by atoms with E-state index in [1.807, 2.05) is 0 Å². The first kappa shape index (κ1) is 17.4. The summed E-state index contributed by atoms with van der Waals surface area (Å²) >= 11 is 0. The van der Waals surface area contributed by atoms with E-state index in [1.54, 1.807) is 18.2 Å². The van der Waals surface area contributed by atoms with Gasteiger partial charge in [0.15, 0.2) is 0 Å². The first-order valence-corrected chi connectivity index (χ1v) is 7.54. The molecule has 1 aliphatic rings. The van der Waals surface area contributed by atoms with Crippen LogP contribution in [0.25, 0.3) is 0 Å². The molecule has 1 aliphatic heterocycles. The van der Waals surface area contributed by atoms with Crippen LogP contribution in [0.15, 0.2) is 42.5 Å². The van der Waals surface area contributed by atoms with Gasteiger partial charge in [-0.3, -0.25) is 0 Å². The van der Waals surface area contributed by atoms with E-state index in [9.17, 15) is 18.3 Å². The van der Waals surface area contributed by atoms with Crippen LogP contribution < -0.4 is 15.8 Å². The molecule has 1 saturated heterocycles. The number of aliphatic hydroxyl groups is 1. The summed E-state index contributed by atoms with van der Waals surface area (Å²) in [6.45, 7) is 0.848. The number of nitrogens with one attached hydrogen (secondary N) is 1. The van der Waals surface area contributed by atoms with Crippen molar-refractivity contribution in [1.82, 2.24) is 0 Å². The molecule has 0 amide bonds. The number of ether oxygens (including phenoxy) is 2. The van der Waals surface area contributed by atoms with Crippen LogP contribution >= 0.6 is 0 Å². The second kappa shape index (κ2) is 6.45. The zero-order valence-electron chi connectivity index (χ0n) is 13.1. The standard InChI is InChI=1S/C17H17F3N2O3/c18-17(19,20)11-1-3-12(4-2-11)25-13-5-6-15(14(21)7-13)22-8-16(23)9-24-10-16/h1-7,22-23H,8-10,21H2. The van der Waals surface area contributed by atoms with Gasteiger partial charge in [-0.05, 0) is 36.4 Å². The quantitative estimate of drug-likeness (QED) is 0.719. The third kappa shape index (κ3) is 4.15. The summed E-state index contributed by atoms with van der Waals surface area (Å²) < 4.78 is 48.1. The summed E-state index contributed by atoms with van der Waals surface area (Å²) in [5, 5.41) is 13.0. The van der Waals surface area contributed by atoms with Crippen LogP contribution in [0.2, 0.25) is 0 Å². The van der Waals surface area contributed by atoms with Crippen LogP contribution in [-0.2, 0) is 10.9 Å². The number of nitrogens with two attached hydrogens (primary N) is 1. The number of hydrogen-bond donors (Lipinski definition) is 3. The second-order valence-corrected chi connectivity index (χ2v) is 5.94. The molecule has 3 rings (SSSR count). The number of halogens is 3. The average molecular weight is 354 g/mol. The van der Waals surface area contributed by atoms with Gasteiger partial charge in [0.05, 0.1) is 30.2 Å². The number of alkyl halides is 3. The molecule has 25 heavy (non-hydrogen) atoms. The lowest BCUT2D eigenvalue weighted by Gasteiger charge is -2.36. The van der Waals surface area contributed by atoms with Crippen molar-refractivity contribution in [1.29, 1.82) is 0 Å². The summed E-state index contributed by atoms with van der Waals surface area (Å²) in [6, 6.07) is 9.28. The van der Waals surface area contributed by atoms with Crippen LogP contribution in [0.5, 0.6) is 11.5 Å². The number of benzene rings is 2. The van der Waals surface area contributed by atoms with Crippen LogP contribution in [0.1, 0.15) is 5.56 Å². The molecule has 1 heterocycles. The van der Waals surface area contributed by atoms with Crippen molar-refractivity contribution in [3.8, 4) is 11.5 Å². The van der Waals surface area contributed by atoms with Crippen molar-refractivity contribution in [3.05, 3.63) is 48.0 Å². The summed E-state index contributed by atoms with van der Waals surface area (Å²) in [7, 11) is 0. The lowest BCUT2D eigenvalue weighted by molar-refractivity contribution is -0.168. The smallest absolute Gasteiger partial charge is 0.416 e. The van der Waals surface area contributed by atoms with Gasteiger partial charge in [-0.15, -0.1) is 0 Å². The van der Waals surface area contributed by atoms with E-state index in [1.165, 1.54) is 12.1 Å². The topological polar surface area (TPSA) is 76.7 Å². The van der Waals surface area contributed by atoms with Gasteiger partial charge in [0.1, 0.15) is 17.1 Å². The van der Waals surface area contributed by atoms with Crippen LogP contribution in [0.4, 0.5) is 24.5 Å². The van der Waals surface area contributed by atoms with E-state index in [0.29, 0.717) is 23.7 Å². The molecule has 0 unspecified atom stereocenters. The molecule has 1 fully saturated rings. The molecule has 0 radical (unpaired) electrons. The highest BCUT2D eigenvalue weighted by Crippen LogP contribution is 2.32. The van der Waals surface area contributed by atoms with E-state index in [4.69, 9.17) is 15.2 Å². The zero-order valence-corrected chi connectivity index (χ0v) is 13.1. The number of nitrogen functional groups attached to an aromatic ring is 1. The van der Waals surface area contributed by atoms with E-state index in [2.05, 4.69) is 5.32 Å². The highest BCUT2D eigenvalue weighted by atomic mass is 19.4. The van der Waals surface area contributed by atoms with Crippen LogP contribution in [0.3, 0.4) is 0 Å². The fraction of sp³-hybridized carbons (Fsp3) is 0.294. The largest absolute Gasteiger partial charge is 0.457 e. The van der Waals surface area contributed by atoms with Gasteiger partial charge in [0.2, 0.25) is 0 Å². The van der Waals surface area contributed by atoms with E-state index >= 15 is 0 Å². The minimum Gasteiger partial charge on any atom is -0.457 e. The predicted molar refractivity (Wildman–Crippen MR) is 86.6 cm³/mol. The SMILES string of the molecule is Nc1cc(Oc2ccc(C(F)(F)F)cc2)ccc1NCC1(O)COC1. The van der Waals surface area contributed by atoms with Gasteiger partial charge in [0, 0.05) is 12.6 Å². The second-order valence-electron chi connectivity index (χ2n) is 5.94. The third-order valence-corrected chi connectivity index (χ3v) is 3.79. The van der Waals surface area contributed by atoms with Gasteiger partial charge < -0.3 is 25.6 Å². The number of anilines is 2. The molecule has 0 atom stereocenters. The van der Waals surface area contributed by atoms with Crippen molar-refractivity contribution in [2.24, 2.45) is 0 Å². The van der Waals surface area contributed by atoms with Crippen molar-refractivity contribution >= 4 is 11.4 Å². The molecule has 2 aromatic rings. The minimum atomic E-state index is -4.38. The van der Waals surface area contributed by atoms with Crippen LogP contribution in [-0.4, -0.2) is 30.5 Å². The Kier molecular flexibility index (Phi) is 4.49. The highest BCUT2D eigenvalue weighted by molar-refractivity contribution is 5.68. The lowest BCUT2D eigenvalue weighted by Crippen LogP contribution is -2.54. The Morgan fingerprint density at radius 1 is 1.12 bits per heavy atom. The zero-order chi connectivity index (χ0) is 18.1. The first-order valence-electron chi connectivity index (χ1n) is 7.54. The Hall–Kier alpha value is -2.45. The summed E-state index contributed by atoms with van der Waals surface area (Å²) in [5.41, 5.74) is 5.34. The molecule has 8 heteroatoms. The molecule has 0 aliphatic carbocycles. The monoisotopic (exact) mass is 354 g/mol. The molecular formula is C17H17F3N2O3. The molecule has 134 valence electrons. The fourth-order valence-electron chi connectivity index (χ4n) is 2.31. The maximum atomic E-state index is 12.5. The molecule has 4 N–H and O–H groups in total. The number of hydrogen-bond acceptors (Lipinski definition) is 5. The summed E-state index contributed by atoms with van der Waals surface area (Å²) in [5.74, 6) is 0.669. The highest BCUT2D eigenvalue weighted by Gasteiger charge is 2.35. The first-order chi connectivity index (χ1) is 11.8. The molecule has 0 aromatic heterocycles. The normalized spacial score (nSPS) is 16.2. The van der Waals surface area contributed by atoms with Gasteiger partial charge in [0.25, 0.3) is 0 Å². The Morgan fingerprint density at radius 2 is 1.76 bits per heavy atom. The van der Waals surface area contributed by atoms with E-state index in [0.717, 1.165) is 12.1 Å². The molecule has 5 nitrogen and oxygen atoms in total. The Balaban J connectivity index is 1.64. The van der Waals surface area contributed by atoms with Crippen molar-refractivity contribution in [2.45, 2.75) is 11.8 Å². The maximum Gasteiger partial charge on any atom is 0.416 e. The Labute approximate surface area is 142 Å². The van der Waals surface area contributed by atoms with Crippen molar-refractivity contribution in [2.75, 3.05) is 30.8 Å². The van der Waals surface area contributed by atoms with Crippen LogP contribution in [0, 0.1) is 0 Å². The predicted octanol–water partition coefficient (Wildman–Crippen LogP) is 3.25.